The lowest BCUT2D eigenvalue weighted by Gasteiger charge is -2.25. The number of anilines is 1. The lowest BCUT2D eigenvalue weighted by atomic mass is 10.3. The monoisotopic (exact) mass is 288 g/mol. The summed E-state index contributed by atoms with van der Waals surface area (Å²) in [5.41, 5.74) is 0.558. The maximum atomic E-state index is 12.0. The number of aliphatic hydroxyl groups is 1. The lowest BCUT2D eigenvalue weighted by Crippen LogP contribution is -2.32. The smallest absolute Gasteiger partial charge is 0.242 e. The van der Waals surface area contributed by atoms with Crippen molar-refractivity contribution >= 4 is 15.7 Å². The SMILES string of the molecule is CNS(=O)(=O)c1ccccc1N(CCO)CCOC. The molecule has 0 radical (unpaired) electrons. The predicted octanol–water partition coefficient (Wildman–Crippen LogP) is 0.0398. The van der Waals surface area contributed by atoms with Crippen LogP contribution < -0.4 is 9.62 Å². The maximum Gasteiger partial charge on any atom is 0.242 e. The molecule has 0 spiro atoms. The quantitative estimate of drug-likeness (QED) is 0.706. The summed E-state index contributed by atoms with van der Waals surface area (Å²) in [5.74, 6) is 0. The largest absolute Gasteiger partial charge is 0.395 e. The summed E-state index contributed by atoms with van der Waals surface area (Å²) in [7, 11) is -0.582. The fourth-order valence-corrected chi connectivity index (χ4v) is 2.68. The number of ether oxygens (including phenoxy) is 1. The highest BCUT2D eigenvalue weighted by Crippen LogP contribution is 2.24. The van der Waals surface area contributed by atoms with Crippen molar-refractivity contribution in [2.45, 2.75) is 4.90 Å². The van der Waals surface area contributed by atoms with E-state index in [1.165, 1.54) is 7.05 Å². The van der Waals surface area contributed by atoms with E-state index in [1.807, 2.05) is 0 Å². The van der Waals surface area contributed by atoms with E-state index in [2.05, 4.69) is 4.72 Å². The first-order valence-corrected chi connectivity index (χ1v) is 7.42. The fraction of sp³-hybridized carbons (Fsp3) is 0.500. The van der Waals surface area contributed by atoms with Crippen LogP contribution in [0.15, 0.2) is 29.2 Å². The predicted molar refractivity (Wildman–Crippen MR) is 73.9 cm³/mol. The molecule has 7 heteroatoms. The molecule has 6 nitrogen and oxygen atoms in total. The molecule has 0 aromatic heterocycles. The van der Waals surface area contributed by atoms with Gasteiger partial charge in [0.25, 0.3) is 0 Å². The normalized spacial score (nSPS) is 11.5. The number of aliphatic hydroxyl groups excluding tert-OH is 1. The minimum absolute atomic E-state index is 0.0579. The number of hydrogen-bond acceptors (Lipinski definition) is 5. The number of benzene rings is 1. The topological polar surface area (TPSA) is 78.9 Å². The van der Waals surface area contributed by atoms with Crippen molar-refractivity contribution in [2.75, 3.05) is 45.4 Å². The Morgan fingerprint density at radius 2 is 2.00 bits per heavy atom. The number of para-hydroxylation sites is 1. The van der Waals surface area contributed by atoms with E-state index in [1.54, 1.807) is 36.3 Å². The Bertz CT molecular complexity index is 490. The number of sulfonamides is 1. The Morgan fingerprint density at radius 3 is 2.58 bits per heavy atom. The van der Waals surface area contributed by atoms with Gasteiger partial charge in [-0.05, 0) is 19.2 Å². The van der Waals surface area contributed by atoms with Crippen LogP contribution in [-0.4, -0.2) is 54.0 Å². The summed E-state index contributed by atoms with van der Waals surface area (Å²) >= 11 is 0. The molecule has 0 heterocycles. The maximum absolute atomic E-state index is 12.0. The number of nitrogens with zero attached hydrogens (tertiary/aromatic N) is 1. The molecular weight excluding hydrogens is 268 g/mol. The molecule has 19 heavy (non-hydrogen) atoms. The van der Waals surface area contributed by atoms with E-state index < -0.39 is 10.0 Å². The second kappa shape index (κ2) is 7.44. The first-order valence-electron chi connectivity index (χ1n) is 5.94. The summed E-state index contributed by atoms with van der Waals surface area (Å²) < 4.78 is 31.3. The Morgan fingerprint density at radius 1 is 1.32 bits per heavy atom. The van der Waals surface area contributed by atoms with Crippen molar-refractivity contribution in [1.29, 1.82) is 0 Å². The van der Waals surface area contributed by atoms with Gasteiger partial charge in [0.1, 0.15) is 4.90 Å². The van der Waals surface area contributed by atoms with Crippen LogP contribution in [0.3, 0.4) is 0 Å². The number of hydrogen-bond donors (Lipinski definition) is 2. The second-order valence-electron chi connectivity index (χ2n) is 3.88. The van der Waals surface area contributed by atoms with Gasteiger partial charge < -0.3 is 14.7 Å². The zero-order valence-corrected chi connectivity index (χ0v) is 12.0. The van der Waals surface area contributed by atoms with Gasteiger partial charge in [-0.25, -0.2) is 13.1 Å². The minimum Gasteiger partial charge on any atom is -0.395 e. The second-order valence-corrected chi connectivity index (χ2v) is 5.73. The average molecular weight is 288 g/mol. The third kappa shape index (κ3) is 4.17. The van der Waals surface area contributed by atoms with Gasteiger partial charge in [-0.1, -0.05) is 12.1 Å². The van der Waals surface area contributed by atoms with Gasteiger partial charge in [0.05, 0.1) is 18.9 Å². The third-order valence-corrected chi connectivity index (χ3v) is 4.16. The van der Waals surface area contributed by atoms with Gasteiger partial charge in [0, 0.05) is 20.2 Å². The van der Waals surface area contributed by atoms with E-state index >= 15 is 0 Å². The van der Waals surface area contributed by atoms with Crippen LogP contribution in [0, 0.1) is 0 Å². The summed E-state index contributed by atoms with van der Waals surface area (Å²) in [5, 5.41) is 9.10. The molecule has 0 aliphatic rings. The van der Waals surface area contributed by atoms with Gasteiger partial charge in [0.15, 0.2) is 0 Å². The fourth-order valence-electron chi connectivity index (χ4n) is 1.73. The molecule has 1 aromatic carbocycles. The highest BCUT2D eigenvalue weighted by Gasteiger charge is 2.19. The summed E-state index contributed by atoms with van der Waals surface area (Å²) in [6.45, 7) is 1.25. The molecular formula is C12H20N2O4S. The van der Waals surface area contributed by atoms with E-state index in [0.717, 1.165) is 0 Å². The van der Waals surface area contributed by atoms with Gasteiger partial charge in [-0.2, -0.15) is 0 Å². The molecule has 2 N–H and O–H groups in total. The molecule has 0 aliphatic heterocycles. The standard InChI is InChI=1S/C12H20N2O4S/c1-13-19(16,17)12-6-4-3-5-11(12)14(7-9-15)8-10-18-2/h3-6,13,15H,7-10H2,1-2H3. The van der Waals surface area contributed by atoms with E-state index in [-0.39, 0.29) is 11.5 Å². The molecule has 0 bridgehead atoms. The van der Waals surface area contributed by atoms with E-state index in [4.69, 9.17) is 9.84 Å². The van der Waals surface area contributed by atoms with Gasteiger partial charge in [-0.3, -0.25) is 0 Å². The van der Waals surface area contributed by atoms with Crippen molar-refractivity contribution in [3.8, 4) is 0 Å². The number of methoxy groups -OCH3 is 1. The van der Waals surface area contributed by atoms with Crippen molar-refractivity contribution in [3.63, 3.8) is 0 Å². The highest BCUT2D eigenvalue weighted by molar-refractivity contribution is 7.89. The Labute approximate surface area is 114 Å². The third-order valence-electron chi connectivity index (χ3n) is 2.70. The zero-order chi connectivity index (χ0) is 14.3. The Balaban J connectivity index is 3.15. The summed E-state index contributed by atoms with van der Waals surface area (Å²) in [6.07, 6.45) is 0. The van der Waals surface area contributed by atoms with Crippen molar-refractivity contribution in [2.24, 2.45) is 0 Å². The van der Waals surface area contributed by atoms with Crippen LogP contribution in [0.4, 0.5) is 5.69 Å². The first kappa shape index (κ1) is 15.9. The molecule has 108 valence electrons. The Hall–Kier alpha value is -1.15. The summed E-state index contributed by atoms with van der Waals surface area (Å²) in [6, 6.07) is 6.69. The van der Waals surface area contributed by atoms with Crippen LogP contribution in [-0.2, 0) is 14.8 Å². The van der Waals surface area contributed by atoms with Crippen molar-refractivity contribution in [3.05, 3.63) is 24.3 Å². The molecule has 0 fully saturated rings. The van der Waals surface area contributed by atoms with Crippen LogP contribution >= 0.6 is 0 Å². The molecule has 1 aromatic rings. The average Bonchev–Trinajstić information content (AvgIpc) is 2.43. The van der Waals surface area contributed by atoms with Crippen molar-refractivity contribution < 1.29 is 18.3 Å². The summed E-state index contributed by atoms with van der Waals surface area (Å²) in [4.78, 5) is 1.98. The molecule has 0 saturated heterocycles. The van der Waals surface area contributed by atoms with Crippen LogP contribution in [0.5, 0.6) is 0 Å². The molecule has 0 unspecified atom stereocenters. The molecule has 1 rings (SSSR count). The molecule has 0 aliphatic carbocycles. The number of nitrogens with one attached hydrogen (secondary N) is 1. The van der Waals surface area contributed by atoms with Gasteiger partial charge in [0.2, 0.25) is 10.0 Å². The van der Waals surface area contributed by atoms with E-state index in [9.17, 15) is 8.42 Å². The molecule has 0 amide bonds. The first-order chi connectivity index (χ1) is 9.06. The van der Waals surface area contributed by atoms with Gasteiger partial charge in [-0.15, -0.1) is 0 Å². The van der Waals surface area contributed by atoms with Crippen LogP contribution in [0.25, 0.3) is 0 Å². The zero-order valence-electron chi connectivity index (χ0n) is 11.2. The Kier molecular flexibility index (Phi) is 6.23. The molecule has 0 saturated carbocycles. The number of rotatable bonds is 8. The molecule has 0 atom stereocenters. The van der Waals surface area contributed by atoms with Crippen LogP contribution in [0.1, 0.15) is 0 Å². The van der Waals surface area contributed by atoms with E-state index in [0.29, 0.717) is 25.4 Å². The lowest BCUT2D eigenvalue weighted by molar-refractivity contribution is 0.202. The minimum atomic E-state index is -3.53. The highest BCUT2D eigenvalue weighted by atomic mass is 32.2. The van der Waals surface area contributed by atoms with Gasteiger partial charge >= 0.3 is 0 Å². The van der Waals surface area contributed by atoms with Crippen LogP contribution in [0.2, 0.25) is 0 Å². The van der Waals surface area contributed by atoms with Crippen molar-refractivity contribution in [1.82, 2.24) is 4.72 Å².